The summed E-state index contributed by atoms with van der Waals surface area (Å²) >= 11 is 5.93. The monoisotopic (exact) mass is 460 g/mol. The summed E-state index contributed by atoms with van der Waals surface area (Å²) in [6, 6.07) is 14.1. The number of halogens is 1. The quantitative estimate of drug-likeness (QED) is 0.575. The molecule has 1 atom stereocenters. The first-order valence-electron chi connectivity index (χ1n) is 10.3. The van der Waals surface area contributed by atoms with Crippen molar-refractivity contribution in [1.29, 1.82) is 0 Å². The van der Waals surface area contributed by atoms with E-state index in [9.17, 15) is 8.42 Å². The molecule has 9 heteroatoms. The average molecular weight is 461 g/mol. The second kappa shape index (κ2) is 9.48. The van der Waals surface area contributed by atoms with Crippen molar-refractivity contribution in [1.82, 2.24) is 19.8 Å². The topological polar surface area (TPSA) is 88.3 Å². The molecule has 31 heavy (non-hydrogen) atoms. The highest BCUT2D eigenvalue weighted by molar-refractivity contribution is 7.89. The van der Waals surface area contributed by atoms with Gasteiger partial charge in [0, 0.05) is 23.7 Å². The molecule has 1 aliphatic rings. The zero-order valence-electron chi connectivity index (χ0n) is 17.3. The van der Waals surface area contributed by atoms with Crippen molar-refractivity contribution in [3.8, 4) is 11.5 Å². The highest BCUT2D eigenvalue weighted by Crippen LogP contribution is 2.22. The Balaban J connectivity index is 1.32. The van der Waals surface area contributed by atoms with E-state index in [0.717, 1.165) is 37.1 Å². The molecule has 0 aliphatic carbocycles. The second-order valence-electron chi connectivity index (χ2n) is 7.92. The Kier molecular flexibility index (Phi) is 6.71. The van der Waals surface area contributed by atoms with Crippen molar-refractivity contribution in [3.05, 3.63) is 65.0 Å². The van der Waals surface area contributed by atoms with Crippen molar-refractivity contribution in [2.45, 2.75) is 31.2 Å². The maximum Gasteiger partial charge on any atom is 0.247 e. The Hall–Kier alpha value is -2.26. The minimum atomic E-state index is -3.50. The molecule has 164 valence electrons. The normalized spacial score (nSPS) is 17.7. The third kappa shape index (κ3) is 5.71. The molecular formula is C22H25ClN4O3S. The standard InChI is InChI=1S/C22H25ClN4O3S/c1-16-4-10-20(11-5-16)31(28,29)24-13-17-3-2-12-27(14-17)15-21-25-26-22(30-21)18-6-8-19(23)9-7-18/h4-11,17,24H,2-3,12-15H2,1H3. The molecule has 1 aliphatic heterocycles. The lowest BCUT2D eigenvalue weighted by atomic mass is 9.98. The molecule has 1 saturated heterocycles. The first-order valence-corrected chi connectivity index (χ1v) is 12.1. The number of aryl methyl sites for hydroxylation is 1. The number of sulfonamides is 1. The lowest BCUT2D eigenvalue weighted by Gasteiger charge is -2.31. The van der Waals surface area contributed by atoms with Gasteiger partial charge in [-0.3, -0.25) is 4.90 Å². The molecule has 0 amide bonds. The van der Waals surface area contributed by atoms with Gasteiger partial charge in [0.1, 0.15) is 0 Å². The molecule has 0 radical (unpaired) electrons. The lowest BCUT2D eigenvalue weighted by molar-refractivity contribution is 0.156. The number of benzene rings is 2. The number of nitrogens with one attached hydrogen (secondary N) is 1. The van der Waals surface area contributed by atoms with Gasteiger partial charge in [-0.1, -0.05) is 29.3 Å². The van der Waals surface area contributed by atoms with Crippen LogP contribution in [0.1, 0.15) is 24.3 Å². The van der Waals surface area contributed by atoms with Gasteiger partial charge in [-0.25, -0.2) is 13.1 Å². The maximum absolute atomic E-state index is 12.6. The van der Waals surface area contributed by atoms with Crippen molar-refractivity contribution in [2.75, 3.05) is 19.6 Å². The van der Waals surface area contributed by atoms with Crippen LogP contribution in [-0.4, -0.2) is 43.1 Å². The molecule has 1 aromatic heterocycles. The second-order valence-corrected chi connectivity index (χ2v) is 10.1. The SMILES string of the molecule is Cc1ccc(S(=O)(=O)NCC2CCCN(Cc3nnc(-c4ccc(Cl)cc4)o3)C2)cc1. The minimum Gasteiger partial charge on any atom is -0.419 e. The van der Waals surface area contributed by atoms with Crippen LogP contribution in [-0.2, 0) is 16.6 Å². The van der Waals surface area contributed by atoms with E-state index in [1.54, 1.807) is 36.4 Å². The van der Waals surface area contributed by atoms with E-state index in [1.807, 2.05) is 19.1 Å². The number of rotatable bonds is 7. The molecule has 3 aromatic rings. The smallest absolute Gasteiger partial charge is 0.247 e. The predicted octanol–water partition coefficient (Wildman–Crippen LogP) is 3.89. The van der Waals surface area contributed by atoms with Crippen LogP contribution in [0.3, 0.4) is 0 Å². The summed E-state index contributed by atoms with van der Waals surface area (Å²) in [6.07, 6.45) is 1.97. The fraction of sp³-hybridized carbons (Fsp3) is 0.364. The molecule has 2 heterocycles. The molecule has 1 N–H and O–H groups in total. The Morgan fingerprint density at radius 2 is 1.87 bits per heavy atom. The molecular weight excluding hydrogens is 436 g/mol. The first kappa shape index (κ1) is 22.0. The summed E-state index contributed by atoms with van der Waals surface area (Å²) in [6.45, 7) is 4.57. The number of aromatic nitrogens is 2. The van der Waals surface area contributed by atoms with Crippen molar-refractivity contribution in [2.24, 2.45) is 5.92 Å². The summed E-state index contributed by atoms with van der Waals surface area (Å²) in [4.78, 5) is 2.53. The summed E-state index contributed by atoms with van der Waals surface area (Å²) in [5, 5.41) is 8.95. The number of likely N-dealkylation sites (tertiary alicyclic amines) is 1. The first-order chi connectivity index (χ1) is 14.9. The number of nitrogens with zero attached hydrogens (tertiary/aromatic N) is 3. The van der Waals surface area contributed by atoms with Gasteiger partial charge >= 0.3 is 0 Å². The van der Waals surface area contributed by atoms with E-state index in [0.29, 0.717) is 34.8 Å². The Bertz CT molecular complexity index is 1110. The highest BCUT2D eigenvalue weighted by Gasteiger charge is 2.24. The van der Waals surface area contributed by atoms with E-state index in [-0.39, 0.29) is 5.92 Å². The third-order valence-corrected chi connectivity index (χ3v) is 7.10. The van der Waals surface area contributed by atoms with Crippen LogP contribution >= 0.6 is 11.6 Å². The fourth-order valence-electron chi connectivity index (χ4n) is 3.71. The highest BCUT2D eigenvalue weighted by atomic mass is 35.5. The van der Waals surface area contributed by atoms with E-state index in [2.05, 4.69) is 19.8 Å². The van der Waals surface area contributed by atoms with E-state index in [1.165, 1.54) is 0 Å². The molecule has 0 bridgehead atoms. The number of hydrogen-bond acceptors (Lipinski definition) is 6. The van der Waals surface area contributed by atoms with Crippen LogP contribution < -0.4 is 4.72 Å². The van der Waals surface area contributed by atoms with Gasteiger partial charge < -0.3 is 4.42 Å². The molecule has 0 saturated carbocycles. The van der Waals surface area contributed by atoms with Crippen molar-refractivity contribution < 1.29 is 12.8 Å². The summed E-state index contributed by atoms with van der Waals surface area (Å²) in [5.74, 6) is 1.24. The number of hydrogen-bond donors (Lipinski definition) is 1. The molecule has 2 aromatic carbocycles. The van der Waals surface area contributed by atoms with Crippen LogP contribution in [0.2, 0.25) is 5.02 Å². The summed E-state index contributed by atoms with van der Waals surface area (Å²) in [5.41, 5.74) is 1.85. The maximum atomic E-state index is 12.6. The molecule has 0 spiro atoms. The molecule has 4 rings (SSSR count). The Morgan fingerprint density at radius 1 is 1.13 bits per heavy atom. The van der Waals surface area contributed by atoms with Gasteiger partial charge in [-0.05, 0) is 68.6 Å². The zero-order chi connectivity index (χ0) is 21.8. The van der Waals surface area contributed by atoms with E-state index >= 15 is 0 Å². The molecule has 1 unspecified atom stereocenters. The van der Waals surface area contributed by atoms with Crippen molar-refractivity contribution in [3.63, 3.8) is 0 Å². The van der Waals surface area contributed by atoms with Crippen LogP contribution in [0, 0.1) is 12.8 Å². The van der Waals surface area contributed by atoms with Crippen LogP contribution in [0.25, 0.3) is 11.5 Å². The van der Waals surface area contributed by atoms with Crippen LogP contribution in [0.5, 0.6) is 0 Å². The van der Waals surface area contributed by atoms with Gasteiger partial charge in [0.15, 0.2) is 0 Å². The summed E-state index contributed by atoms with van der Waals surface area (Å²) < 4.78 is 33.7. The predicted molar refractivity (Wildman–Crippen MR) is 119 cm³/mol. The van der Waals surface area contributed by atoms with Gasteiger partial charge in [-0.15, -0.1) is 10.2 Å². The van der Waals surface area contributed by atoms with Crippen LogP contribution in [0.15, 0.2) is 57.8 Å². The van der Waals surface area contributed by atoms with E-state index < -0.39 is 10.0 Å². The van der Waals surface area contributed by atoms with Gasteiger partial charge in [0.05, 0.1) is 11.4 Å². The number of piperidine rings is 1. The Morgan fingerprint density at radius 3 is 2.61 bits per heavy atom. The molecule has 7 nitrogen and oxygen atoms in total. The van der Waals surface area contributed by atoms with Crippen molar-refractivity contribution >= 4 is 21.6 Å². The van der Waals surface area contributed by atoms with Gasteiger partial charge in [-0.2, -0.15) is 0 Å². The van der Waals surface area contributed by atoms with Gasteiger partial charge in [0.25, 0.3) is 0 Å². The third-order valence-electron chi connectivity index (χ3n) is 5.41. The fourth-order valence-corrected chi connectivity index (χ4v) is 4.95. The molecule has 1 fully saturated rings. The largest absolute Gasteiger partial charge is 0.419 e. The van der Waals surface area contributed by atoms with Gasteiger partial charge in [0.2, 0.25) is 21.8 Å². The average Bonchev–Trinajstić information content (AvgIpc) is 3.22. The van der Waals surface area contributed by atoms with Crippen LogP contribution in [0.4, 0.5) is 0 Å². The Labute approximate surface area is 187 Å². The minimum absolute atomic E-state index is 0.229. The lowest BCUT2D eigenvalue weighted by Crippen LogP contribution is -2.40. The summed E-state index contributed by atoms with van der Waals surface area (Å²) in [7, 11) is -3.50. The van der Waals surface area contributed by atoms with E-state index in [4.69, 9.17) is 16.0 Å². The zero-order valence-corrected chi connectivity index (χ0v) is 18.9.